The molecule has 1 fully saturated rings. The molecule has 2 heterocycles. The second kappa shape index (κ2) is 10.9. The Bertz CT molecular complexity index is 1170. The molecule has 0 unspecified atom stereocenters. The topological polar surface area (TPSA) is 80.7 Å². The number of nitrogens with zero attached hydrogens (tertiary/aromatic N) is 3. The normalized spacial score (nSPS) is 14.5. The summed E-state index contributed by atoms with van der Waals surface area (Å²) in [5.74, 6) is 0.644. The molecule has 4 rings (SSSR count). The molecule has 0 bridgehead atoms. The highest BCUT2D eigenvalue weighted by molar-refractivity contribution is 5.97. The molecule has 3 aromatic rings. The van der Waals surface area contributed by atoms with Gasteiger partial charge in [0.25, 0.3) is 5.91 Å². The zero-order chi connectivity index (χ0) is 24.9. The summed E-state index contributed by atoms with van der Waals surface area (Å²) in [6.07, 6.45) is 3.79. The average molecular weight is 478 g/mol. The van der Waals surface area contributed by atoms with Gasteiger partial charge in [0.2, 0.25) is 0 Å². The summed E-state index contributed by atoms with van der Waals surface area (Å²) in [5.41, 5.74) is 5.66. The lowest BCUT2D eigenvalue weighted by atomic mass is 10.00. The van der Waals surface area contributed by atoms with Gasteiger partial charge in [-0.05, 0) is 67.9 Å². The van der Waals surface area contributed by atoms with E-state index in [0.717, 1.165) is 46.8 Å². The van der Waals surface area contributed by atoms with Crippen molar-refractivity contribution in [1.82, 2.24) is 20.4 Å². The number of methoxy groups -OCH3 is 1. The number of rotatable bonds is 10. The number of hydrogen-bond donors (Lipinski definition) is 2. The van der Waals surface area contributed by atoms with E-state index < -0.39 is 0 Å². The monoisotopic (exact) mass is 477 g/mol. The molecule has 0 saturated carbocycles. The van der Waals surface area contributed by atoms with Crippen LogP contribution < -0.4 is 20.3 Å². The zero-order valence-electron chi connectivity index (χ0n) is 21.2. The summed E-state index contributed by atoms with van der Waals surface area (Å²) in [5, 5.41) is 10.8. The molecule has 8 heteroatoms. The largest absolute Gasteiger partial charge is 0.491 e. The molecule has 0 spiro atoms. The Kier molecular flexibility index (Phi) is 7.73. The molecule has 1 saturated heterocycles. The Balaban J connectivity index is 1.54. The molecule has 1 atom stereocenters. The molecule has 2 N–H and O–H groups in total. The fourth-order valence-electron chi connectivity index (χ4n) is 4.22. The smallest absolute Gasteiger partial charge is 0.252 e. The van der Waals surface area contributed by atoms with Crippen LogP contribution in [0, 0.1) is 6.92 Å². The predicted molar refractivity (Wildman–Crippen MR) is 138 cm³/mol. The molecule has 186 valence electrons. The van der Waals surface area contributed by atoms with E-state index in [0.29, 0.717) is 24.8 Å². The third-order valence-corrected chi connectivity index (χ3v) is 6.49. The first-order chi connectivity index (χ1) is 16.9. The van der Waals surface area contributed by atoms with Crippen LogP contribution in [-0.2, 0) is 11.8 Å². The average Bonchev–Trinajstić information content (AvgIpc) is 3.25. The Morgan fingerprint density at radius 2 is 1.97 bits per heavy atom. The maximum atomic E-state index is 13.3. The molecule has 8 nitrogen and oxygen atoms in total. The van der Waals surface area contributed by atoms with Gasteiger partial charge < -0.3 is 25.0 Å². The number of anilines is 1. The third-order valence-electron chi connectivity index (χ3n) is 6.49. The van der Waals surface area contributed by atoms with E-state index in [1.807, 2.05) is 64.6 Å². The Labute approximate surface area is 207 Å². The van der Waals surface area contributed by atoms with E-state index in [2.05, 4.69) is 32.8 Å². The molecular formula is C27H35N5O3. The van der Waals surface area contributed by atoms with Crippen LogP contribution in [0.25, 0.3) is 11.1 Å². The van der Waals surface area contributed by atoms with Gasteiger partial charge in [0.05, 0.1) is 18.8 Å². The van der Waals surface area contributed by atoms with Crippen LogP contribution in [0.4, 0.5) is 5.69 Å². The number of carbonyl (C=O) groups excluding carboxylic acids is 1. The predicted octanol–water partition coefficient (Wildman–Crippen LogP) is 3.32. The van der Waals surface area contributed by atoms with Gasteiger partial charge in [0.15, 0.2) is 0 Å². The lowest BCUT2D eigenvalue weighted by Gasteiger charge is -2.41. The van der Waals surface area contributed by atoms with E-state index >= 15 is 0 Å². The van der Waals surface area contributed by atoms with Gasteiger partial charge in [0, 0.05) is 56.3 Å². The molecular weight excluding hydrogens is 442 g/mol. The summed E-state index contributed by atoms with van der Waals surface area (Å²) in [4.78, 5) is 15.6. The number of hydrogen-bond acceptors (Lipinski definition) is 6. The van der Waals surface area contributed by atoms with Gasteiger partial charge in [-0.15, -0.1) is 0 Å². The van der Waals surface area contributed by atoms with Gasteiger partial charge >= 0.3 is 0 Å². The SMILES string of the molecule is CNC1CN(c2ccc(C)c(C(=O)N[C@H](C)c3cc(OCCOC)cc(-c4cnn(C)c4)c3)c2)C1. The fraction of sp³-hybridized carbons (Fsp3) is 0.407. The van der Waals surface area contributed by atoms with Crippen molar-refractivity contribution < 1.29 is 14.3 Å². The van der Waals surface area contributed by atoms with E-state index in [1.165, 1.54) is 0 Å². The summed E-state index contributed by atoms with van der Waals surface area (Å²) < 4.78 is 12.8. The highest BCUT2D eigenvalue weighted by Gasteiger charge is 2.26. The number of nitrogens with one attached hydrogen (secondary N) is 2. The van der Waals surface area contributed by atoms with Gasteiger partial charge in [-0.1, -0.05) is 6.07 Å². The van der Waals surface area contributed by atoms with Crippen LogP contribution in [0.3, 0.4) is 0 Å². The van der Waals surface area contributed by atoms with Crippen LogP contribution in [0.1, 0.15) is 34.5 Å². The van der Waals surface area contributed by atoms with Crippen molar-refractivity contribution in [1.29, 1.82) is 0 Å². The first-order valence-electron chi connectivity index (χ1n) is 12.0. The molecule has 1 amide bonds. The number of amides is 1. The van der Waals surface area contributed by atoms with Crippen LogP contribution in [0.15, 0.2) is 48.8 Å². The van der Waals surface area contributed by atoms with Gasteiger partial charge in [-0.2, -0.15) is 5.10 Å². The third kappa shape index (κ3) is 5.83. The zero-order valence-corrected chi connectivity index (χ0v) is 21.2. The van der Waals surface area contributed by atoms with Crippen molar-refractivity contribution in [2.24, 2.45) is 7.05 Å². The van der Waals surface area contributed by atoms with E-state index in [1.54, 1.807) is 11.8 Å². The first kappa shape index (κ1) is 24.8. The summed E-state index contributed by atoms with van der Waals surface area (Å²) >= 11 is 0. The molecule has 2 aromatic carbocycles. The first-order valence-corrected chi connectivity index (χ1v) is 12.0. The van der Waals surface area contributed by atoms with Gasteiger partial charge in [-0.25, -0.2) is 0 Å². The maximum absolute atomic E-state index is 13.3. The standard InChI is InChI=1S/C27H35N5O3/c1-18-6-7-24(32-16-23(17-32)28-3)13-26(18)27(33)30-19(2)20-10-21(22-14-29-31(4)15-22)12-25(11-20)35-9-8-34-5/h6-7,10-15,19,23,28H,8-9,16-17H2,1-5H3,(H,30,33)/t19-/m1/s1. The van der Waals surface area contributed by atoms with E-state index in [9.17, 15) is 4.79 Å². The van der Waals surface area contributed by atoms with Crippen LogP contribution >= 0.6 is 0 Å². The molecule has 0 radical (unpaired) electrons. The Morgan fingerprint density at radius 3 is 2.66 bits per heavy atom. The summed E-state index contributed by atoms with van der Waals surface area (Å²) in [6.45, 7) is 6.81. The number of aryl methyl sites for hydroxylation is 2. The number of carbonyl (C=O) groups is 1. The summed E-state index contributed by atoms with van der Waals surface area (Å²) in [6, 6.07) is 12.4. The molecule has 35 heavy (non-hydrogen) atoms. The quantitative estimate of drug-likeness (QED) is 0.436. The molecule has 1 aliphatic rings. The number of likely N-dealkylation sites (N-methyl/N-ethyl adjacent to an activating group) is 1. The van der Waals surface area contributed by atoms with Gasteiger partial charge in [0.1, 0.15) is 12.4 Å². The van der Waals surface area contributed by atoms with Crippen molar-refractivity contribution in [3.63, 3.8) is 0 Å². The number of benzene rings is 2. The summed E-state index contributed by atoms with van der Waals surface area (Å²) in [7, 11) is 5.52. The minimum absolute atomic E-state index is 0.0869. The fourth-order valence-corrected chi connectivity index (χ4v) is 4.22. The van der Waals surface area contributed by atoms with Crippen LogP contribution in [-0.4, -0.2) is 62.2 Å². The second-order valence-electron chi connectivity index (χ2n) is 9.12. The lowest BCUT2D eigenvalue weighted by molar-refractivity contribution is 0.0939. The number of aromatic nitrogens is 2. The van der Waals surface area contributed by atoms with Crippen molar-refractivity contribution in [2.45, 2.75) is 25.9 Å². The van der Waals surface area contributed by atoms with E-state index in [-0.39, 0.29) is 11.9 Å². The van der Waals surface area contributed by atoms with Crippen LogP contribution in [0.2, 0.25) is 0 Å². The lowest BCUT2D eigenvalue weighted by Crippen LogP contribution is -2.57. The molecule has 0 aliphatic carbocycles. The maximum Gasteiger partial charge on any atom is 0.252 e. The number of ether oxygens (including phenoxy) is 2. The van der Waals surface area contributed by atoms with Crippen molar-refractivity contribution >= 4 is 11.6 Å². The minimum atomic E-state index is -0.218. The Hall–Kier alpha value is -3.36. The molecule has 1 aromatic heterocycles. The minimum Gasteiger partial charge on any atom is -0.491 e. The molecule has 1 aliphatic heterocycles. The highest BCUT2D eigenvalue weighted by atomic mass is 16.5. The second-order valence-corrected chi connectivity index (χ2v) is 9.12. The van der Waals surface area contributed by atoms with Gasteiger partial charge in [-0.3, -0.25) is 9.48 Å². The van der Waals surface area contributed by atoms with Crippen molar-refractivity contribution in [3.8, 4) is 16.9 Å². The van der Waals surface area contributed by atoms with E-state index in [4.69, 9.17) is 9.47 Å². The van der Waals surface area contributed by atoms with Crippen LogP contribution in [0.5, 0.6) is 5.75 Å². The highest BCUT2D eigenvalue weighted by Crippen LogP contribution is 2.30. The van der Waals surface area contributed by atoms with Crippen molar-refractivity contribution in [3.05, 3.63) is 65.5 Å². The van der Waals surface area contributed by atoms with Crippen molar-refractivity contribution in [2.75, 3.05) is 45.4 Å². The Morgan fingerprint density at radius 1 is 1.17 bits per heavy atom.